The van der Waals surface area contributed by atoms with Crippen molar-refractivity contribution in [2.24, 2.45) is 0 Å². The molecule has 1 amide bonds. The number of unbranched alkanes of at least 4 members (excludes halogenated alkanes) is 1. The molecule has 2 aromatic heterocycles. The molecule has 0 spiro atoms. The van der Waals surface area contributed by atoms with Gasteiger partial charge in [-0.25, -0.2) is 0 Å². The summed E-state index contributed by atoms with van der Waals surface area (Å²) in [5, 5.41) is 2.08. The topological polar surface area (TPSA) is 33.5 Å². The fraction of sp³-hybridized carbons (Fsp3) is 0.438. The summed E-state index contributed by atoms with van der Waals surface area (Å²) in [5.74, 6) is 0.240. The van der Waals surface area contributed by atoms with Gasteiger partial charge in [0.2, 0.25) is 5.91 Å². The smallest absolute Gasteiger partial charge is 0.222 e. The molecule has 0 saturated heterocycles. The number of thiophene rings is 1. The van der Waals surface area contributed by atoms with Crippen LogP contribution in [0, 0.1) is 0 Å². The zero-order valence-corrected chi connectivity index (χ0v) is 12.7. The second-order valence-corrected chi connectivity index (χ2v) is 5.91. The van der Waals surface area contributed by atoms with Crippen molar-refractivity contribution in [3.8, 4) is 0 Å². The molecular weight excluding hydrogens is 270 g/mol. The molecule has 0 aromatic carbocycles. The lowest BCUT2D eigenvalue weighted by Crippen LogP contribution is -2.32. The predicted molar refractivity (Wildman–Crippen MR) is 81.7 cm³/mol. The van der Waals surface area contributed by atoms with E-state index in [1.807, 2.05) is 11.0 Å². The average molecular weight is 291 g/mol. The van der Waals surface area contributed by atoms with Crippen molar-refractivity contribution in [2.75, 3.05) is 6.54 Å². The first-order valence-electron chi connectivity index (χ1n) is 7.11. The average Bonchev–Trinajstić information content (AvgIpc) is 3.13. The van der Waals surface area contributed by atoms with Gasteiger partial charge in [-0.1, -0.05) is 19.4 Å². The summed E-state index contributed by atoms with van der Waals surface area (Å²) in [4.78, 5) is 15.6. The Balaban J connectivity index is 1.93. The van der Waals surface area contributed by atoms with Crippen molar-refractivity contribution in [2.45, 2.75) is 39.2 Å². The Morgan fingerprint density at radius 2 is 2.30 bits per heavy atom. The van der Waals surface area contributed by atoms with E-state index in [-0.39, 0.29) is 5.91 Å². The number of hydrogen-bond donors (Lipinski definition) is 0. The van der Waals surface area contributed by atoms with Crippen LogP contribution in [0.3, 0.4) is 0 Å². The Morgan fingerprint density at radius 3 is 2.95 bits per heavy atom. The molecule has 0 aliphatic rings. The van der Waals surface area contributed by atoms with E-state index in [9.17, 15) is 4.79 Å². The van der Waals surface area contributed by atoms with Gasteiger partial charge in [-0.05, 0) is 30.4 Å². The van der Waals surface area contributed by atoms with Crippen molar-refractivity contribution in [1.29, 1.82) is 0 Å². The van der Waals surface area contributed by atoms with Crippen LogP contribution in [0.2, 0.25) is 0 Å². The number of furan rings is 1. The lowest BCUT2D eigenvalue weighted by atomic mass is 10.2. The van der Waals surface area contributed by atoms with E-state index in [0.717, 1.165) is 31.4 Å². The molecule has 2 aromatic rings. The third-order valence-corrected chi connectivity index (χ3v) is 4.19. The highest BCUT2D eigenvalue weighted by atomic mass is 32.1. The summed E-state index contributed by atoms with van der Waals surface area (Å²) in [7, 11) is 0. The van der Waals surface area contributed by atoms with Gasteiger partial charge >= 0.3 is 0 Å². The van der Waals surface area contributed by atoms with Gasteiger partial charge in [0.15, 0.2) is 0 Å². The van der Waals surface area contributed by atoms with E-state index < -0.39 is 0 Å². The van der Waals surface area contributed by atoms with Crippen LogP contribution in [0.15, 0.2) is 40.5 Å². The van der Waals surface area contributed by atoms with Gasteiger partial charge in [-0.2, -0.15) is 0 Å². The van der Waals surface area contributed by atoms with Gasteiger partial charge in [0.05, 0.1) is 12.5 Å². The Kier molecular flexibility index (Phi) is 5.87. The molecule has 0 aliphatic heterocycles. The highest BCUT2D eigenvalue weighted by molar-refractivity contribution is 7.09. The zero-order valence-electron chi connectivity index (χ0n) is 11.9. The Labute approximate surface area is 124 Å². The molecule has 0 radical (unpaired) electrons. The van der Waals surface area contributed by atoms with Crippen LogP contribution in [0.5, 0.6) is 0 Å². The molecule has 20 heavy (non-hydrogen) atoms. The minimum Gasteiger partial charge on any atom is -0.472 e. The molecule has 0 atom stereocenters. The molecule has 0 saturated carbocycles. The lowest BCUT2D eigenvalue weighted by molar-refractivity contribution is -0.131. The Hall–Kier alpha value is -1.55. The second-order valence-electron chi connectivity index (χ2n) is 4.88. The Bertz CT molecular complexity index is 491. The van der Waals surface area contributed by atoms with Crippen molar-refractivity contribution in [3.63, 3.8) is 0 Å². The van der Waals surface area contributed by atoms with Gasteiger partial charge in [0.1, 0.15) is 0 Å². The highest BCUT2D eigenvalue weighted by Gasteiger charge is 2.14. The maximum absolute atomic E-state index is 12.3. The van der Waals surface area contributed by atoms with E-state index in [4.69, 9.17) is 4.42 Å². The zero-order chi connectivity index (χ0) is 14.2. The molecular formula is C16H21NO2S. The summed E-state index contributed by atoms with van der Waals surface area (Å²) in [6.45, 7) is 3.53. The number of carbonyl (C=O) groups excluding carboxylic acids is 1. The Morgan fingerprint density at radius 1 is 1.40 bits per heavy atom. The maximum Gasteiger partial charge on any atom is 0.222 e. The summed E-state index contributed by atoms with van der Waals surface area (Å²) in [5.41, 5.74) is 1.06. The SMILES string of the molecule is CCCCC(=O)N(CCc1cccs1)Cc1ccoc1. The van der Waals surface area contributed by atoms with Crippen LogP contribution in [0.1, 0.15) is 36.6 Å². The molecule has 0 unspecified atom stereocenters. The summed E-state index contributed by atoms with van der Waals surface area (Å²) < 4.78 is 5.09. The maximum atomic E-state index is 12.3. The minimum absolute atomic E-state index is 0.240. The standard InChI is InChI=1S/C16H21NO2S/c1-2-3-6-16(18)17(12-14-8-10-19-13-14)9-7-15-5-4-11-20-15/h4-5,8,10-11,13H,2-3,6-7,9,12H2,1H3. The fourth-order valence-corrected chi connectivity index (χ4v) is 2.78. The molecule has 0 N–H and O–H groups in total. The van der Waals surface area contributed by atoms with E-state index in [1.54, 1.807) is 23.9 Å². The molecule has 0 fully saturated rings. The van der Waals surface area contributed by atoms with Crippen LogP contribution in [-0.2, 0) is 17.8 Å². The van der Waals surface area contributed by atoms with Gasteiger partial charge in [-0.15, -0.1) is 11.3 Å². The van der Waals surface area contributed by atoms with Crippen molar-refractivity contribution in [3.05, 3.63) is 46.5 Å². The number of rotatable bonds is 8. The number of hydrogen-bond acceptors (Lipinski definition) is 3. The molecule has 4 heteroatoms. The minimum atomic E-state index is 0.240. The molecule has 3 nitrogen and oxygen atoms in total. The van der Waals surface area contributed by atoms with Crippen LogP contribution >= 0.6 is 11.3 Å². The van der Waals surface area contributed by atoms with Crippen LogP contribution < -0.4 is 0 Å². The number of nitrogens with zero attached hydrogens (tertiary/aromatic N) is 1. The van der Waals surface area contributed by atoms with Crippen LogP contribution in [0.25, 0.3) is 0 Å². The molecule has 108 valence electrons. The van der Waals surface area contributed by atoms with Crippen LogP contribution in [-0.4, -0.2) is 17.4 Å². The number of carbonyl (C=O) groups is 1. The fourth-order valence-electron chi connectivity index (χ4n) is 2.08. The van der Waals surface area contributed by atoms with Crippen molar-refractivity contribution in [1.82, 2.24) is 4.90 Å². The first kappa shape index (κ1) is 14.9. The third kappa shape index (κ3) is 4.53. The van der Waals surface area contributed by atoms with Gasteiger partial charge < -0.3 is 9.32 Å². The summed E-state index contributed by atoms with van der Waals surface area (Å²) in [6.07, 6.45) is 6.94. The predicted octanol–water partition coefficient (Wildman–Crippen LogP) is 4.10. The van der Waals surface area contributed by atoms with E-state index in [0.29, 0.717) is 13.0 Å². The molecule has 0 bridgehead atoms. The van der Waals surface area contributed by atoms with E-state index in [1.165, 1.54) is 4.88 Å². The quantitative estimate of drug-likeness (QED) is 0.733. The normalized spacial score (nSPS) is 10.7. The molecule has 2 rings (SSSR count). The number of amides is 1. The van der Waals surface area contributed by atoms with Gasteiger partial charge in [0.25, 0.3) is 0 Å². The monoisotopic (exact) mass is 291 g/mol. The molecule has 2 heterocycles. The largest absolute Gasteiger partial charge is 0.472 e. The lowest BCUT2D eigenvalue weighted by Gasteiger charge is -2.22. The third-order valence-electron chi connectivity index (χ3n) is 3.26. The first-order valence-corrected chi connectivity index (χ1v) is 7.98. The van der Waals surface area contributed by atoms with Gasteiger partial charge in [0, 0.05) is 30.0 Å². The second kappa shape index (κ2) is 7.90. The van der Waals surface area contributed by atoms with E-state index in [2.05, 4.69) is 24.4 Å². The summed E-state index contributed by atoms with van der Waals surface area (Å²) in [6, 6.07) is 6.10. The van der Waals surface area contributed by atoms with Crippen molar-refractivity contribution < 1.29 is 9.21 Å². The van der Waals surface area contributed by atoms with E-state index >= 15 is 0 Å². The van der Waals surface area contributed by atoms with Gasteiger partial charge in [-0.3, -0.25) is 4.79 Å². The van der Waals surface area contributed by atoms with Crippen LogP contribution in [0.4, 0.5) is 0 Å². The first-order chi connectivity index (χ1) is 9.79. The van der Waals surface area contributed by atoms with Crippen molar-refractivity contribution >= 4 is 17.2 Å². The highest BCUT2D eigenvalue weighted by Crippen LogP contribution is 2.13. The summed E-state index contributed by atoms with van der Waals surface area (Å²) >= 11 is 1.75. The molecule has 0 aliphatic carbocycles.